The first-order chi connectivity index (χ1) is 12.1. The molecule has 0 aliphatic carbocycles. The molecule has 0 bridgehead atoms. The van der Waals surface area contributed by atoms with E-state index in [9.17, 15) is 9.59 Å². The van der Waals surface area contributed by atoms with Crippen molar-refractivity contribution in [2.45, 2.75) is 13.0 Å². The van der Waals surface area contributed by atoms with Crippen LogP contribution in [0.25, 0.3) is 15.7 Å². The largest absolute Gasteiger partial charge is 0.344 e. The summed E-state index contributed by atoms with van der Waals surface area (Å²) in [5.41, 5.74) is 1.85. The molecule has 0 saturated heterocycles. The number of nitrogens with one attached hydrogen (secondary N) is 2. The minimum absolute atomic E-state index is 0.0358. The lowest BCUT2D eigenvalue weighted by molar-refractivity contribution is 0.0937. The normalized spacial score (nSPS) is 12.4. The lowest BCUT2D eigenvalue weighted by Crippen LogP contribution is -2.32. The Labute approximate surface area is 149 Å². The van der Waals surface area contributed by atoms with Crippen molar-refractivity contribution >= 4 is 33.5 Å². The van der Waals surface area contributed by atoms with Gasteiger partial charge in [-0.15, -0.1) is 11.3 Å². The van der Waals surface area contributed by atoms with Gasteiger partial charge in [-0.25, -0.2) is 14.5 Å². The molecule has 0 fully saturated rings. The fourth-order valence-corrected chi connectivity index (χ4v) is 3.59. The summed E-state index contributed by atoms with van der Waals surface area (Å²) in [5.74, 6) is -0.0479. The summed E-state index contributed by atoms with van der Waals surface area (Å²) in [6, 6.07) is 3.36. The van der Waals surface area contributed by atoms with Crippen LogP contribution in [0.3, 0.4) is 0 Å². The minimum atomic E-state index is -0.497. The van der Waals surface area contributed by atoms with Crippen molar-refractivity contribution in [1.29, 1.82) is 0 Å². The van der Waals surface area contributed by atoms with Crippen LogP contribution in [0, 0.1) is 0 Å². The monoisotopic (exact) mass is 372 g/mol. The van der Waals surface area contributed by atoms with Crippen LogP contribution in [0.5, 0.6) is 0 Å². The highest BCUT2D eigenvalue weighted by molar-refractivity contribution is 7.14. The molecule has 4 aromatic heterocycles. The molecule has 1 atom stereocenters. The predicted octanol–water partition coefficient (Wildman–Crippen LogP) is 2.09. The average Bonchev–Trinajstić information content (AvgIpc) is 3.31. The molecule has 4 rings (SSSR count). The molecule has 0 saturated carbocycles. The number of thiophene rings is 1. The van der Waals surface area contributed by atoms with Gasteiger partial charge >= 0.3 is 0 Å². The van der Waals surface area contributed by atoms with Crippen molar-refractivity contribution in [2.75, 3.05) is 0 Å². The van der Waals surface area contributed by atoms with Gasteiger partial charge in [-0.2, -0.15) is 5.10 Å². The summed E-state index contributed by atoms with van der Waals surface area (Å²) in [4.78, 5) is 37.4. The molecule has 4 aromatic rings. The number of H-pyrrole nitrogens is 1. The topological polar surface area (TPSA) is 105 Å². The second kappa shape index (κ2) is 6.22. The molecule has 126 valence electrons. The third kappa shape index (κ3) is 2.96. The third-order valence-electron chi connectivity index (χ3n) is 3.59. The Morgan fingerprint density at radius 1 is 1.40 bits per heavy atom. The second-order valence-electron chi connectivity index (χ2n) is 5.28. The summed E-state index contributed by atoms with van der Waals surface area (Å²) in [7, 11) is 0. The molecule has 8 nitrogen and oxygen atoms in total. The van der Waals surface area contributed by atoms with Crippen molar-refractivity contribution < 1.29 is 4.79 Å². The van der Waals surface area contributed by atoms with Gasteiger partial charge in [0.05, 0.1) is 22.8 Å². The zero-order valence-electron chi connectivity index (χ0n) is 13.0. The molecular formula is C15H12N6O2S2. The number of hydrogen-bond donors (Lipinski definition) is 2. The Hall–Kier alpha value is -2.85. The van der Waals surface area contributed by atoms with Gasteiger partial charge in [-0.05, 0) is 18.4 Å². The number of nitrogens with zero attached hydrogens (tertiary/aromatic N) is 4. The first kappa shape index (κ1) is 15.7. The van der Waals surface area contributed by atoms with E-state index < -0.39 is 11.5 Å². The Balaban J connectivity index is 1.54. The Morgan fingerprint density at radius 3 is 3.00 bits per heavy atom. The van der Waals surface area contributed by atoms with E-state index in [4.69, 9.17) is 0 Å². The van der Waals surface area contributed by atoms with Crippen LogP contribution in [0.1, 0.15) is 29.0 Å². The fraction of sp³-hybridized carbons (Fsp3) is 0.133. The number of hydrogen-bond acceptors (Lipinski definition) is 7. The highest BCUT2D eigenvalue weighted by Gasteiger charge is 2.18. The number of aromatic nitrogens is 5. The zero-order chi connectivity index (χ0) is 17.4. The summed E-state index contributed by atoms with van der Waals surface area (Å²) in [6.45, 7) is 1.80. The molecular weight excluding hydrogens is 360 g/mol. The highest BCUT2D eigenvalue weighted by atomic mass is 32.1. The van der Waals surface area contributed by atoms with E-state index in [0.29, 0.717) is 11.5 Å². The number of amides is 1. The van der Waals surface area contributed by atoms with Crippen LogP contribution in [0.2, 0.25) is 0 Å². The number of carbonyl (C=O) groups excluding carboxylic acids is 1. The van der Waals surface area contributed by atoms with Gasteiger partial charge in [-0.3, -0.25) is 9.59 Å². The Kier molecular flexibility index (Phi) is 3.90. The summed E-state index contributed by atoms with van der Waals surface area (Å²) in [5, 5.41) is 8.76. The summed E-state index contributed by atoms with van der Waals surface area (Å²) < 4.78 is 1.65. The lowest BCUT2D eigenvalue weighted by Gasteiger charge is -2.11. The standard InChI is InChI=1S/C15H12N6O2S2/c1-8(10-6-21-15(19-10)25-7-17-21)18-13(22)9-5-16-12(20-14(9)23)11-3-2-4-24-11/h2-8H,1H3,(H,18,22)(H,16,20,23)/t8-/m1/s1. The average molecular weight is 372 g/mol. The van der Waals surface area contributed by atoms with E-state index in [0.717, 1.165) is 9.84 Å². The SMILES string of the molecule is C[C@@H](NC(=O)c1cnc(-c2cccs2)[nH]c1=O)c1cn2ncsc2n1. The molecule has 0 radical (unpaired) electrons. The van der Waals surface area contributed by atoms with Crippen LogP contribution in [-0.4, -0.2) is 30.5 Å². The second-order valence-corrected chi connectivity index (χ2v) is 7.04. The van der Waals surface area contributed by atoms with Crippen molar-refractivity contribution in [3.05, 3.63) is 57.0 Å². The van der Waals surface area contributed by atoms with Crippen LogP contribution >= 0.6 is 22.7 Å². The quantitative estimate of drug-likeness (QED) is 0.571. The maximum absolute atomic E-state index is 12.4. The van der Waals surface area contributed by atoms with E-state index in [-0.39, 0.29) is 11.6 Å². The summed E-state index contributed by atoms with van der Waals surface area (Å²) in [6.07, 6.45) is 3.04. The molecule has 0 unspecified atom stereocenters. The summed E-state index contributed by atoms with van der Waals surface area (Å²) >= 11 is 2.87. The predicted molar refractivity (Wildman–Crippen MR) is 94.9 cm³/mol. The first-order valence-electron chi connectivity index (χ1n) is 7.34. The van der Waals surface area contributed by atoms with Crippen molar-refractivity contribution in [2.24, 2.45) is 0 Å². The zero-order valence-corrected chi connectivity index (χ0v) is 14.6. The van der Waals surface area contributed by atoms with Gasteiger partial charge in [0.2, 0.25) is 4.96 Å². The number of fused-ring (bicyclic) bond motifs is 1. The molecule has 2 N–H and O–H groups in total. The number of aromatic amines is 1. The first-order valence-corrected chi connectivity index (χ1v) is 9.10. The Bertz CT molecular complexity index is 1070. The molecule has 0 aliphatic heterocycles. The molecule has 0 spiro atoms. The van der Waals surface area contributed by atoms with Gasteiger partial charge in [0.1, 0.15) is 16.9 Å². The molecule has 25 heavy (non-hydrogen) atoms. The van der Waals surface area contributed by atoms with E-state index in [1.807, 2.05) is 17.5 Å². The molecule has 10 heteroatoms. The van der Waals surface area contributed by atoms with Gasteiger partial charge in [0, 0.05) is 6.20 Å². The minimum Gasteiger partial charge on any atom is -0.344 e. The van der Waals surface area contributed by atoms with Crippen LogP contribution in [-0.2, 0) is 0 Å². The maximum atomic E-state index is 12.4. The third-order valence-corrected chi connectivity index (χ3v) is 5.16. The smallest absolute Gasteiger partial charge is 0.264 e. The van der Waals surface area contributed by atoms with Crippen molar-refractivity contribution in [3.63, 3.8) is 0 Å². The van der Waals surface area contributed by atoms with Crippen LogP contribution in [0.4, 0.5) is 0 Å². The molecule has 0 aliphatic rings. The van der Waals surface area contributed by atoms with Gasteiger partial charge in [0.15, 0.2) is 0 Å². The molecule has 0 aromatic carbocycles. The van der Waals surface area contributed by atoms with Crippen LogP contribution < -0.4 is 10.9 Å². The lowest BCUT2D eigenvalue weighted by atomic mass is 10.2. The Morgan fingerprint density at radius 2 is 2.28 bits per heavy atom. The van der Waals surface area contributed by atoms with Gasteiger partial charge in [0.25, 0.3) is 11.5 Å². The van der Waals surface area contributed by atoms with Crippen molar-refractivity contribution in [3.8, 4) is 10.7 Å². The van der Waals surface area contributed by atoms with E-state index in [1.54, 1.807) is 23.1 Å². The fourth-order valence-electron chi connectivity index (χ4n) is 2.31. The van der Waals surface area contributed by atoms with E-state index in [2.05, 4.69) is 25.4 Å². The molecule has 1 amide bonds. The van der Waals surface area contributed by atoms with Crippen molar-refractivity contribution in [1.82, 2.24) is 29.9 Å². The maximum Gasteiger partial charge on any atom is 0.264 e. The highest BCUT2D eigenvalue weighted by Crippen LogP contribution is 2.19. The van der Waals surface area contributed by atoms with E-state index >= 15 is 0 Å². The number of carbonyl (C=O) groups is 1. The van der Waals surface area contributed by atoms with Crippen LogP contribution in [0.15, 0.2) is 40.2 Å². The van der Waals surface area contributed by atoms with Gasteiger partial charge in [-0.1, -0.05) is 17.4 Å². The van der Waals surface area contributed by atoms with Gasteiger partial charge < -0.3 is 10.3 Å². The van der Waals surface area contributed by atoms with E-state index in [1.165, 1.54) is 28.9 Å². The number of imidazole rings is 1. The molecule has 4 heterocycles. The number of rotatable bonds is 4.